The van der Waals surface area contributed by atoms with Crippen molar-refractivity contribution in [3.05, 3.63) is 72.1 Å². The van der Waals surface area contributed by atoms with E-state index in [0.717, 1.165) is 23.4 Å². The third kappa shape index (κ3) is 3.48. The molecule has 0 aliphatic rings. The lowest BCUT2D eigenvalue weighted by Gasteiger charge is -2.14. The summed E-state index contributed by atoms with van der Waals surface area (Å²) in [6, 6.07) is 18.9. The Hall–Kier alpha value is -2.48. The van der Waals surface area contributed by atoms with Gasteiger partial charge in [-0.2, -0.15) is 0 Å². The lowest BCUT2D eigenvalue weighted by Crippen LogP contribution is -2.00. The summed E-state index contributed by atoms with van der Waals surface area (Å²) in [7, 11) is 0. The van der Waals surface area contributed by atoms with E-state index in [4.69, 9.17) is 0 Å². The van der Waals surface area contributed by atoms with Crippen LogP contribution in [0.3, 0.4) is 0 Å². The lowest BCUT2D eigenvalue weighted by molar-refractivity contribution is 0.648. The molecule has 0 fully saturated rings. The van der Waals surface area contributed by atoms with Crippen LogP contribution in [0.2, 0.25) is 0 Å². The molecule has 0 saturated carbocycles. The van der Waals surface area contributed by atoms with Crippen LogP contribution in [-0.2, 0) is 6.42 Å². The topological polar surface area (TPSA) is 25.8 Å². The van der Waals surface area contributed by atoms with Gasteiger partial charge in [-0.1, -0.05) is 62.4 Å². The van der Waals surface area contributed by atoms with Crippen LogP contribution >= 0.6 is 0 Å². The lowest BCUT2D eigenvalue weighted by atomic mass is 9.92. The molecule has 0 amide bonds. The molecule has 2 aromatic carbocycles. The highest BCUT2D eigenvalue weighted by Gasteiger charge is 2.12. The molecule has 0 aliphatic heterocycles. The average Bonchev–Trinajstić information content (AvgIpc) is 2.55. The van der Waals surface area contributed by atoms with Gasteiger partial charge >= 0.3 is 0 Å². The Morgan fingerprint density at radius 2 is 1.61 bits per heavy atom. The molecular weight excluding hydrogens is 280 g/mol. The summed E-state index contributed by atoms with van der Waals surface area (Å²) < 4.78 is 0. The number of hydrogen-bond acceptors (Lipinski definition) is 2. The maximum atomic E-state index is 4.55. The van der Waals surface area contributed by atoms with Crippen LogP contribution in [0, 0.1) is 12.8 Å². The summed E-state index contributed by atoms with van der Waals surface area (Å²) in [4.78, 5) is 9.00. The fraction of sp³-hybridized carbons (Fsp3) is 0.238. The van der Waals surface area contributed by atoms with Crippen LogP contribution in [0.15, 0.2) is 60.9 Å². The number of hydrogen-bond donors (Lipinski definition) is 0. The first-order chi connectivity index (χ1) is 11.1. The molecule has 3 rings (SSSR count). The Morgan fingerprint density at radius 3 is 2.35 bits per heavy atom. The highest BCUT2D eigenvalue weighted by molar-refractivity contribution is 5.72. The summed E-state index contributed by atoms with van der Waals surface area (Å²) >= 11 is 0. The van der Waals surface area contributed by atoms with Crippen LogP contribution in [0.5, 0.6) is 0 Å². The van der Waals surface area contributed by atoms with Crippen LogP contribution < -0.4 is 0 Å². The van der Waals surface area contributed by atoms with Gasteiger partial charge in [0, 0.05) is 11.1 Å². The van der Waals surface area contributed by atoms with Gasteiger partial charge in [0.1, 0.15) is 6.33 Å². The highest BCUT2D eigenvalue weighted by Crippen LogP contribution is 2.29. The van der Waals surface area contributed by atoms with Crippen molar-refractivity contribution in [2.45, 2.75) is 27.2 Å². The van der Waals surface area contributed by atoms with Gasteiger partial charge in [0.15, 0.2) is 0 Å². The molecule has 0 radical (unpaired) electrons. The largest absolute Gasteiger partial charge is 0.236 e. The first-order valence-corrected chi connectivity index (χ1v) is 8.11. The van der Waals surface area contributed by atoms with Crippen molar-refractivity contribution in [1.29, 1.82) is 0 Å². The molecule has 1 heterocycles. The Labute approximate surface area is 138 Å². The van der Waals surface area contributed by atoms with Gasteiger partial charge in [0.25, 0.3) is 0 Å². The molecular formula is C21H22N2. The molecule has 3 aromatic rings. The van der Waals surface area contributed by atoms with E-state index < -0.39 is 0 Å². The first kappa shape index (κ1) is 15.4. The molecule has 0 N–H and O–H groups in total. The SMILES string of the molecule is Cc1cccc(CC(C)C)c1-c1cc(-c2ccccc2)ncn1. The zero-order chi connectivity index (χ0) is 16.2. The van der Waals surface area contributed by atoms with Crippen molar-refractivity contribution < 1.29 is 0 Å². The van der Waals surface area contributed by atoms with Crippen molar-refractivity contribution >= 4 is 0 Å². The minimum Gasteiger partial charge on any atom is -0.236 e. The van der Waals surface area contributed by atoms with E-state index in [0.29, 0.717) is 5.92 Å². The maximum Gasteiger partial charge on any atom is 0.116 e. The van der Waals surface area contributed by atoms with Crippen LogP contribution in [0.25, 0.3) is 22.5 Å². The normalized spacial score (nSPS) is 11.0. The van der Waals surface area contributed by atoms with Crippen molar-refractivity contribution in [3.8, 4) is 22.5 Å². The van der Waals surface area contributed by atoms with E-state index in [9.17, 15) is 0 Å². The molecule has 1 aromatic heterocycles. The van der Waals surface area contributed by atoms with Crippen molar-refractivity contribution in [2.75, 3.05) is 0 Å². The number of nitrogens with zero attached hydrogens (tertiary/aromatic N) is 2. The van der Waals surface area contributed by atoms with Gasteiger partial charge in [-0.05, 0) is 36.5 Å². The van der Waals surface area contributed by atoms with Gasteiger partial charge in [-0.3, -0.25) is 0 Å². The summed E-state index contributed by atoms with van der Waals surface area (Å²) in [5.74, 6) is 0.617. The fourth-order valence-electron chi connectivity index (χ4n) is 2.97. The van der Waals surface area contributed by atoms with Gasteiger partial charge in [0.2, 0.25) is 0 Å². The molecule has 0 saturated heterocycles. The zero-order valence-corrected chi connectivity index (χ0v) is 14.0. The Morgan fingerprint density at radius 1 is 0.870 bits per heavy atom. The van der Waals surface area contributed by atoms with E-state index in [1.807, 2.05) is 18.2 Å². The van der Waals surface area contributed by atoms with Gasteiger partial charge < -0.3 is 0 Å². The molecule has 2 nitrogen and oxygen atoms in total. The fourth-order valence-corrected chi connectivity index (χ4v) is 2.97. The minimum atomic E-state index is 0.617. The Bertz CT molecular complexity index is 792. The number of rotatable bonds is 4. The second kappa shape index (κ2) is 6.74. The third-order valence-corrected chi connectivity index (χ3v) is 3.98. The predicted molar refractivity (Wildman–Crippen MR) is 96.2 cm³/mol. The van der Waals surface area contributed by atoms with E-state index in [-0.39, 0.29) is 0 Å². The molecule has 116 valence electrons. The van der Waals surface area contributed by atoms with Gasteiger partial charge in [0.05, 0.1) is 11.4 Å². The molecule has 0 aliphatic carbocycles. The second-order valence-electron chi connectivity index (χ2n) is 6.36. The molecule has 23 heavy (non-hydrogen) atoms. The van der Waals surface area contributed by atoms with Crippen molar-refractivity contribution in [3.63, 3.8) is 0 Å². The molecule has 0 bridgehead atoms. The molecule has 0 unspecified atom stereocenters. The Balaban J connectivity index is 2.09. The van der Waals surface area contributed by atoms with Gasteiger partial charge in [-0.15, -0.1) is 0 Å². The third-order valence-electron chi connectivity index (χ3n) is 3.98. The summed E-state index contributed by atoms with van der Waals surface area (Å²) in [5, 5.41) is 0. The standard InChI is InChI=1S/C21H22N2/c1-15(2)12-18-11-7-8-16(3)21(18)20-13-19(22-14-23-20)17-9-5-4-6-10-17/h4-11,13-15H,12H2,1-3H3. The second-order valence-corrected chi connectivity index (χ2v) is 6.36. The summed E-state index contributed by atoms with van der Waals surface area (Å²) in [6.07, 6.45) is 2.73. The summed E-state index contributed by atoms with van der Waals surface area (Å²) in [6.45, 7) is 6.66. The van der Waals surface area contributed by atoms with E-state index >= 15 is 0 Å². The smallest absolute Gasteiger partial charge is 0.116 e. The number of benzene rings is 2. The van der Waals surface area contributed by atoms with Crippen molar-refractivity contribution in [2.24, 2.45) is 5.92 Å². The predicted octanol–water partition coefficient (Wildman–Crippen LogP) is 5.32. The highest BCUT2D eigenvalue weighted by atomic mass is 14.8. The molecule has 0 atom stereocenters. The van der Waals surface area contributed by atoms with Crippen LogP contribution in [0.1, 0.15) is 25.0 Å². The van der Waals surface area contributed by atoms with Crippen LogP contribution in [0.4, 0.5) is 0 Å². The van der Waals surface area contributed by atoms with Crippen molar-refractivity contribution in [1.82, 2.24) is 9.97 Å². The zero-order valence-electron chi connectivity index (χ0n) is 14.0. The van der Waals surface area contributed by atoms with E-state index in [1.165, 1.54) is 16.7 Å². The first-order valence-electron chi connectivity index (χ1n) is 8.11. The van der Waals surface area contributed by atoms with E-state index in [2.05, 4.69) is 67.1 Å². The summed E-state index contributed by atoms with van der Waals surface area (Å²) in [5.41, 5.74) is 6.97. The molecule has 0 spiro atoms. The van der Waals surface area contributed by atoms with Crippen LogP contribution in [-0.4, -0.2) is 9.97 Å². The number of aromatic nitrogens is 2. The monoisotopic (exact) mass is 302 g/mol. The quantitative estimate of drug-likeness (QED) is 0.652. The minimum absolute atomic E-state index is 0.617. The van der Waals surface area contributed by atoms with E-state index in [1.54, 1.807) is 6.33 Å². The van der Waals surface area contributed by atoms with Gasteiger partial charge in [-0.25, -0.2) is 9.97 Å². The number of aryl methyl sites for hydroxylation is 1. The average molecular weight is 302 g/mol. The maximum absolute atomic E-state index is 4.55. The Kier molecular flexibility index (Phi) is 4.52. The molecule has 2 heteroatoms.